The number of para-hydroxylation sites is 1. The van der Waals surface area contributed by atoms with Gasteiger partial charge in [0.05, 0.1) is 7.11 Å². The molecule has 0 unspecified atom stereocenters. The summed E-state index contributed by atoms with van der Waals surface area (Å²) in [7, 11) is 1.56. The van der Waals surface area contributed by atoms with E-state index in [1.165, 1.54) is 0 Å². The summed E-state index contributed by atoms with van der Waals surface area (Å²) in [5.41, 5.74) is 1.02. The van der Waals surface area contributed by atoms with Crippen molar-refractivity contribution in [3.8, 4) is 5.75 Å². The number of hydrogen-bond acceptors (Lipinski definition) is 3. The number of imide groups is 1. The molecule has 5 heteroatoms. The molecule has 1 aliphatic heterocycles. The highest BCUT2D eigenvalue weighted by Gasteiger charge is 2.32. The maximum atomic E-state index is 11.9. The van der Waals surface area contributed by atoms with Gasteiger partial charge in [0.15, 0.2) is 0 Å². The summed E-state index contributed by atoms with van der Waals surface area (Å²) in [5.74, 6) is 0.343. The highest BCUT2D eigenvalue weighted by molar-refractivity contribution is 6.14. The van der Waals surface area contributed by atoms with Gasteiger partial charge in [0.25, 0.3) is 5.91 Å². The Morgan fingerprint density at radius 2 is 2.06 bits per heavy atom. The normalized spacial score (nSPS) is 17.2. The summed E-state index contributed by atoms with van der Waals surface area (Å²) in [6.45, 7) is 2.11. The SMILES string of the molecule is CCN1C(=O)N/C(=C/c2ccccc2OC)C1=O. The lowest BCUT2D eigenvalue weighted by Gasteiger charge is -2.06. The first-order valence-electron chi connectivity index (χ1n) is 5.65. The van der Waals surface area contributed by atoms with E-state index in [0.29, 0.717) is 12.3 Å². The number of carbonyl (C=O) groups excluding carboxylic acids is 2. The number of methoxy groups -OCH3 is 1. The van der Waals surface area contributed by atoms with Crippen LogP contribution in [0.4, 0.5) is 4.79 Å². The van der Waals surface area contributed by atoms with Gasteiger partial charge in [-0.15, -0.1) is 0 Å². The molecule has 0 spiro atoms. The maximum absolute atomic E-state index is 11.9. The number of nitrogens with one attached hydrogen (secondary N) is 1. The van der Waals surface area contributed by atoms with Gasteiger partial charge in [-0.1, -0.05) is 18.2 Å². The smallest absolute Gasteiger partial charge is 0.328 e. The van der Waals surface area contributed by atoms with Gasteiger partial charge < -0.3 is 10.1 Å². The minimum Gasteiger partial charge on any atom is -0.496 e. The first kappa shape index (κ1) is 12.2. The van der Waals surface area contributed by atoms with E-state index in [4.69, 9.17) is 4.74 Å². The lowest BCUT2D eigenvalue weighted by Crippen LogP contribution is -2.30. The molecule has 1 aromatic carbocycles. The molecule has 1 heterocycles. The van der Waals surface area contributed by atoms with E-state index < -0.39 is 0 Å². The highest BCUT2D eigenvalue weighted by Crippen LogP contribution is 2.21. The van der Waals surface area contributed by atoms with Gasteiger partial charge in [-0.25, -0.2) is 4.79 Å². The molecule has 0 atom stereocenters. The van der Waals surface area contributed by atoms with Gasteiger partial charge in [0.1, 0.15) is 11.4 Å². The van der Waals surface area contributed by atoms with Crippen LogP contribution >= 0.6 is 0 Å². The van der Waals surface area contributed by atoms with Gasteiger partial charge in [-0.05, 0) is 19.1 Å². The molecule has 0 aliphatic carbocycles. The number of likely N-dealkylation sites (N-methyl/N-ethyl adjacent to an activating group) is 1. The standard InChI is InChI=1S/C13H14N2O3/c1-3-15-12(16)10(14-13(15)17)8-9-6-4-5-7-11(9)18-2/h4-8H,3H2,1-2H3,(H,14,17)/b10-8+. The molecule has 1 saturated heterocycles. The Kier molecular flexibility index (Phi) is 3.32. The van der Waals surface area contributed by atoms with Gasteiger partial charge in [0, 0.05) is 12.1 Å². The van der Waals surface area contributed by atoms with Crippen molar-refractivity contribution in [3.05, 3.63) is 35.5 Å². The van der Waals surface area contributed by atoms with Crippen LogP contribution < -0.4 is 10.1 Å². The predicted molar refractivity (Wildman–Crippen MR) is 66.9 cm³/mol. The second-order valence-corrected chi connectivity index (χ2v) is 3.78. The van der Waals surface area contributed by atoms with E-state index in [2.05, 4.69) is 5.32 Å². The van der Waals surface area contributed by atoms with Crippen molar-refractivity contribution in [3.63, 3.8) is 0 Å². The fourth-order valence-electron chi connectivity index (χ4n) is 1.80. The van der Waals surface area contributed by atoms with Crippen molar-refractivity contribution < 1.29 is 14.3 Å². The Balaban J connectivity index is 2.35. The zero-order valence-electron chi connectivity index (χ0n) is 10.3. The molecule has 3 amide bonds. The molecule has 0 bridgehead atoms. The number of carbonyl (C=O) groups is 2. The molecule has 1 fully saturated rings. The molecule has 0 radical (unpaired) electrons. The van der Waals surface area contributed by atoms with Gasteiger partial charge in [-0.3, -0.25) is 9.69 Å². The van der Waals surface area contributed by atoms with Crippen LogP contribution in [0.1, 0.15) is 12.5 Å². The molecule has 0 saturated carbocycles. The van der Waals surface area contributed by atoms with Crippen molar-refractivity contribution >= 4 is 18.0 Å². The number of hydrogen-bond donors (Lipinski definition) is 1. The maximum Gasteiger partial charge on any atom is 0.328 e. The summed E-state index contributed by atoms with van der Waals surface area (Å²) >= 11 is 0. The van der Waals surface area contributed by atoms with E-state index in [-0.39, 0.29) is 17.6 Å². The van der Waals surface area contributed by atoms with E-state index in [1.54, 1.807) is 26.2 Å². The second-order valence-electron chi connectivity index (χ2n) is 3.78. The van der Waals surface area contributed by atoms with Crippen molar-refractivity contribution in [2.45, 2.75) is 6.92 Å². The Morgan fingerprint density at radius 3 is 2.67 bits per heavy atom. The number of nitrogens with zero attached hydrogens (tertiary/aromatic N) is 1. The Morgan fingerprint density at radius 1 is 1.33 bits per heavy atom. The number of urea groups is 1. The third-order valence-electron chi connectivity index (χ3n) is 2.72. The van der Waals surface area contributed by atoms with Crippen LogP contribution in [0.5, 0.6) is 5.75 Å². The Labute approximate surface area is 105 Å². The van der Waals surface area contributed by atoms with Crippen LogP contribution in [0.15, 0.2) is 30.0 Å². The van der Waals surface area contributed by atoms with Crippen LogP contribution in [-0.2, 0) is 4.79 Å². The predicted octanol–water partition coefficient (Wildman–Crippen LogP) is 1.61. The molecular formula is C13H14N2O3. The summed E-state index contributed by atoms with van der Waals surface area (Å²) in [5, 5.41) is 2.55. The molecule has 0 aromatic heterocycles. The largest absolute Gasteiger partial charge is 0.496 e. The first-order chi connectivity index (χ1) is 8.67. The molecule has 18 heavy (non-hydrogen) atoms. The average Bonchev–Trinajstić information content (AvgIpc) is 2.65. The second kappa shape index (κ2) is 4.91. The molecule has 5 nitrogen and oxygen atoms in total. The summed E-state index contributed by atoms with van der Waals surface area (Å²) in [6, 6.07) is 6.91. The lowest BCUT2D eigenvalue weighted by atomic mass is 10.1. The van der Waals surface area contributed by atoms with Crippen LogP contribution in [0.3, 0.4) is 0 Å². The van der Waals surface area contributed by atoms with Crippen LogP contribution in [0, 0.1) is 0 Å². The summed E-state index contributed by atoms with van der Waals surface area (Å²) in [6.07, 6.45) is 1.62. The first-order valence-corrected chi connectivity index (χ1v) is 5.65. The summed E-state index contributed by atoms with van der Waals surface area (Å²) in [4.78, 5) is 24.5. The molecular weight excluding hydrogens is 232 g/mol. The van der Waals surface area contributed by atoms with E-state index in [0.717, 1.165) is 10.5 Å². The van der Waals surface area contributed by atoms with E-state index >= 15 is 0 Å². The number of ether oxygens (including phenoxy) is 1. The van der Waals surface area contributed by atoms with Crippen molar-refractivity contribution in [2.75, 3.05) is 13.7 Å². The zero-order chi connectivity index (χ0) is 13.1. The Hall–Kier alpha value is -2.30. The lowest BCUT2D eigenvalue weighted by molar-refractivity contribution is -0.122. The zero-order valence-corrected chi connectivity index (χ0v) is 10.3. The Bertz CT molecular complexity index is 523. The fourth-order valence-corrected chi connectivity index (χ4v) is 1.80. The van der Waals surface area contributed by atoms with E-state index in [9.17, 15) is 9.59 Å². The minimum atomic E-state index is -0.386. The van der Waals surface area contributed by atoms with E-state index in [1.807, 2.05) is 18.2 Å². The van der Waals surface area contributed by atoms with Gasteiger partial charge >= 0.3 is 6.03 Å². The summed E-state index contributed by atoms with van der Waals surface area (Å²) < 4.78 is 5.19. The molecule has 1 N–H and O–H groups in total. The van der Waals surface area contributed by atoms with Gasteiger partial charge in [-0.2, -0.15) is 0 Å². The quantitative estimate of drug-likeness (QED) is 0.651. The van der Waals surface area contributed by atoms with Crippen molar-refractivity contribution in [1.82, 2.24) is 10.2 Å². The monoisotopic (exact) mass is 246 g/mol. The fraction of sp³-hybridized carbons (Fsp3) is 0.231. The third kappa shape index (κ3) is 2.07. The number of benzene rings is 1. The van der Waals surface area contributed by atoms with Crippen LogP contribution in [0.2, 0.25) is 0 Å². The third-order valence-corrected chi connectivity index (χ3v) is 2.72. The van der Waals surface area contributed by atoms with Crippen molar-refractivity contribution in [2.24, 2.45) is 0 Å². The topological polar surface area (TPSA) is 58.6 Å². The number of rotatable bonds is 3. The van der Waals surface area contributed by atoms with Crippen LogP contribution in [0.25, 0.3) is 6.08 Å². The van der Waals surface area contributed by atoms with Crippen molar-refractivity contribution in [1.29, 1.82) is 0 Å². The molecule has 1 aliphatic rings. The molecule has 1 aromatic rings. The number of amides is 3. The molecule has 94 valence electrons. The molecule has 2 rings (SSSR count). The minimum absolute atomic E-state index is 0.270. The van der Waals surface area contributed by atoms with Gasteiger partial charge in [0.2, 0.25) is 0 Å². The van der Waals surface area contributed by atoms with Crippen LogP contribution in [-0.4, -0.2) is 30.5 Å². The highest BCUT2D eigenvalue weighted by atomic mass is 16.5. The average molecular weight is 246 g/mol.